The predicted molar refractivity (Wildman–Crippen MR) is 80.4 cm³/mol. The second kappa shape index (κ2) is 7.06. The molecule has 1 atom stereocenters. The number of rotatable bonds is 6. The Hall–Kier alpha value is -0.870. The first-order valence-electron chi connectivity index (χ1n) is 7.27. The molecule has 1 aliphatic rings. The van der Waals surface area contributed by atoms with Crippen LogP contribution < -0.4 is 5.32 Å². The van der Waals surface area contributed by atoms with Crippen LogP contribution in [0.1, 0.15) is 43.6 Å². The van der Waals surface area contributed by atoms with E-state index >= 15 is 0 Å². The Kier molecular flexibility index (Phi) is 5.40. The van der Waals surface area contributed by atoms with Crippen molar-refractivity contribution >= 4 is 17.2 Å². The van der Waals surface area contributed by atoms with Crippen molar-refractivity contribution in [3.8, 4) is 0 Å². The lowest BCUT2D eigenvalue weighted by atomic mass is 10.1. The van der Waals surface area contributed by atoms with Gasteiger partial charge in [0.25, 0.3) is 0 Å². The summed E-state index contributed by atoms with van der Waals surface area (Å²) < 4.78 is 0. The lowest BCUT2D eigenvalue weighted by molar-refractivity contribution is -0.131. The molecule has 1 N–H and O–H groups in total. The fourth-order valence-corrected chi connectivity index (χ4v) is 3.34. The van der Waals surface area contributed by atoms with Gasteiger partial charge in [0, 0.05) is 24.0 Å². The Bertz CT molecular complexity index is 416. The number of fused-ring (bicyclic) bond motifs is 1. The Morgan fingerprint density at radius 2 is 2.42 bits per heavy atom. The molecule has 19 heavy (non-hydrogen) atoms. The van der Waals surface area contributed by atoms with Crippen molar-refractivity contribution in [2.24, 2.45) is 0 Å². The summed E-state index contributed by atoms with van der Waals surface area (Å²) >= 11 is 1.81. The zero-order valence-corrected chi connectivity index (χ0v) is 12.8. The molecule has 0 fully saturated rings. The van der Waals surface area contributed by atoms with Crippen molar-refractivity contribution < 1.29 is 4.79 Å². The Morgan fingerprint density at radius 1 is 1.58 bits per heavy atom. The number of thiophene rings is 1. The third-order valence-corrected chi connectivity index (χ3v) is 4.78. The van der Waals surface area contributed by atoms with E-state index in [2.05, 4.69) is 30.6 Å². The highest BCUT2D eigenvalue weighted by Gasteiger charge is 2.21. The normalized spacial score (nSPS) is 16.2. The van der Waals surface area contributed by atoms with E-state index in [1.54, 1.807) is 0 Å². The van der Waals surface area contributed by atoms with E-state index < -0.39 is 0 Å². The number of amides is 1. The van der Waals surface area contributed by atoms with Crippen LogP contribution in [-0.4, -0.2) is 29.9 Å². The van der Waals surface area contributed by atoms with Crippen LogP contribution in [0.5, 0.6) is 0 Å². The largest absolute Gasteiger partial charge is 0.337 e. The number of nitrogens with zero attached hydrogens (tertiary/aromatic N) is 1. The first-order valence-corrected chi connectivity index (χ1v) is 8.15. The van der Waals surface area contributed by atoms with Crippen LogP contribution in [0, 0.1) is 0 Å². The van der Waals surface area contributed by atoms with Crippen LogP contribution >= 0.6 is 11.3 Å². The summed E-state index contributed by atoms with van der Waals surface area (Å²) in [4.78, 5) is 15.6. The van der Waals surface area contributed by atoms with E-state index in [-0.39, 0.29) is 5.91 Å². The molecule has 0 aromatic carbocycles. The van der Waals surface area contributed by atoms with Gasteiger partial charge in [-0.15, -0.1) is 11.3 Å². The number of carbonyl (C=O) groups is 1. The summed E-state index contributed by atoms with van der Waals surface area (Å²) in [6.45, 7) is 6.50. The molecule has 1 aromatic heterocycles. The summed E-state index contributed by atoms with van der Waals surface area (Å²) in [5, 5.41) is 5.47. The van der Waals surface area contributed by atoms with Crippen LogP contribution in [0.2, 0.25) is 0 Å². The molecule has 0 bridgehead atoms. The van der Waals surface area contributed by atoms with Gasteiger partial charge < -0.3 is 10.2 Å². The summed E-state index contributed by atoms with van der Waals surface area (Å²) in [5.41, 5.74) is 1.34. The van der Waals surface area contributed by atoms with Gasteiger partial charge >= 0.3 is 0 Å². The second-order valence-corrected chi connectivity index (χ2v) is 6.36. The quantitative estimate of drug-likeness (QED) is 0.869. The lowest BCUT2D eigenvalue weighted by Crippen LogP contribution is -2.42. The van der Waals surface area contributed by atoms with E-state index in [4.69, 9.17) is 0 Å². The standard InChI is InChI=1S/C15H24N2OS/c1-3-4-5-12(2)16-10-15(18)17-8-6-14-13(11-17)7-9-19-14/h7,9,12,16H,3-6,8,10-11H2,1-2H3. The minimum atomic E-state index is 0.236. The number of carbonyl (C=O) groups excluding carboxylic acids is 1. The predicted octanol–water partition coefficient (Wildman–Crippen LogP) is 2.80. The highest BCUT2D eigenvalue weighted by Crippen LogP contribution is 2.23. The van der Waals surface area contributed by atoms with Gasteiger partial charge in [-0.2, -0.15) is 0 Å². The van der Waals surface area contributed by atoms with Gasteiger partial charge in [-0.1, -0.05) is 19.8 Å². The third-order valence-electron chi connectivity index (χ3n) is 3.75. The maximum atomic E-state index is 12.2. The Labute approximate surface area is 120 Å². The van der Waals surface area contributed by atoms with Crippen molar-refractivity contribution in [2.45, 2.75) is 52.1 Å². The van der Waals surface area contributed by atoms with Gasteiger partial charge in [0.15, 0.2) is 0 Å². The smallest absolute Gasteiger partial charge is 0.236 e. The summed E-state index contributed by atoms with van der Waals surface area (Å²) in [6, 6.07) is 2.59. The SMILES string of the molecule is CCCCC(C)NCC(=O)N1CCc2sccc2C1. The van der Waals surface area contributed by atoms with E-state index in [9.17, 15) is 4.79 Å². The molecule has 1 aliphatic heterocycles. The maximum absolute atomic E-state index is 12.2. The molecular formula is C15H24N2OS. The fourth-order valence-electron chi connectivity index (χ4n) is 2.45. The van der Waals surface area contributed by atoms with Crippen molar-refractivity contribution in [2.75, 3.05) is 13.1 Å². The number of hydrogen-bond acceptors (Lipinski definition) is 3. The van der Waals surface area contributed by atoms with Crippen molar-refractivity contribution in [1.29, 1.82) is 0 Å². The fraction of sp³-hybridized carbons (Fsp3) is 0.667. The van der Waals surface area contributed by atoms with Crippen LogP contribution in [0.3, 0.4) is 0 Å². The lowest BCUT2D eigenvalue weighted by Gasteiger charge is -2.27. The zero-order chi connectivity index (χ0) is 13.7. The molecule has 0 spiro atoms. The van der Waals surface area contributed by atoms with Gasteiger partial charge in [0.1, 0.15) is 0 Å². The zero-order valence-electron chi connectivity index (χ0n) is 11.9. The minimum Gasteiger partial charge on any atom is -0.337 e. The third kappa shape index (κ3) is 4.05. The number of nitrogens with one attached hydrogen (secondary N) is 1. The Balaban J connectivity index is 1.75. The van der Waals surface area contributed by atoms with Gasteiger partial charge in [0.2, 0.25) is 5.91 Å². The van der Waals surface area contributed by atoms with E-state index in [1.165, 1.54) is 23.3 Å². The minimum absolute atomic E-state index is 0.236. The Morgan fingerprint density at radius 3 is 3.21 bits per heavy atom. The summed E-state index contributed by atoms with van der Waals surface area (Å²) in [6.07, 6.45) is 4.61. The molecule has 4 heteroatoms. The van der Waals surface area contributed by atoms with Crippen LogP contribution in [-0.2, 0) is 17.8 Å². The monoisotopic (exact) mass is 280 g/mol. The average Bonchev–Trinajstić information content (AvgIpc) is 2.89. The topological polar surface area (TPSA) is 32.3 Å². The van der Waals surface area contributed by atoms with E-state index in [1.807, 2.05) is 16.2 Å². The molecule has 106 valence electrons. The molecule has 0 saturated carbocycles. The molecular weight excluding hydrogens is 256 g/mol. The molecule has 0 aliphatic carbocycles. The summed E-state index contributed by atoms with van der Waals surface area (Å²) in [5.74, 6) is 0.236. The molecule has 2 heterocycles. The first-order chi connectivity index (χ1) is 9.20. The average molecular weight is 280 g/mol. The second-order valence-electron chi connectivity index (χ2n) is 5.36. The first kappa shape index (κ1) is 14.5. The van der Waals surface area contributed by atoms with Crippen LogP contribution in [0.25, 0.3) is 0 Å². The molecule has 1 aromatic rings. The molecule has 0 saturated heterocycles. The van der Waals surface area contributed by atoms with Gasteiger partial charge in [0.05, 0.1) is 6.54 Å². The van der Waals surface area contributed by atoms with Crippen molar-refractivity contribution in [3.05, 3.63) is 21.9 Å². The van der Waals surface area contributed by atoms with Crippen LogP contribution in [0.15, 0.2) is 11.4 Å². The molecule has 1 amide bonds. The highest BCUT2D eigenvalue weighted by atomic mass is 32.1. The van der Waals surface area contributed by atoms with Crippen molar-refractivity contribution in [3.63, 3.8) is 0 Å². The van der Waals surface area contributed by atoms with Gasteiger partial charge in [-0.25, -0.2) is 0 Å². The van der Waals surface area contributed by atoms with E-state index in [0.29, 0.717) is 12.6 Å². The number of hydrogen-bond donors (Lipinski definition) is 1. The molecule has 3 nitrogen and oxygen atoms in total. The number of unbranched alkanes of at least 4 members (excludes halogenated alkanes) is 1. The van der Waals surface area contributed by atoms with Crippen LogP contribution in [0.4, 0.5) is 0 Å². The van der Waals surface area contributed by atoms with Gasteiger partial charge in [-0.3, -0.25) is 4.79 Å². The maximum Gasteiger partial charge on any atom is 0.236 e. The van der Waals surface area contributed by atoms with Gasteiger partial charge in [-0.05, 0) is 36.8 Å². The van der Waals surface area contributed by atoms with E-state index in [0.717, 1.165) is 25.9 Å². The summed E-state index contributed by atoms with van der Waals surface area (Å²) in [7, 11) is 0. The molecule has 0 radical (unpaired) electrons. The highest BCUT2D eigenvalue weighted by molar-refractivity contribution is 7.10. The molecule has 2 rings (SSSR count). The van der Waals surface area contributed by atoms with Crippen molar-refractivity contribution in [1.82, 2.24) is 10.2 Å². The molecule has 1 unspecified atom stereocenters.